The minimum absolute atomic E-state index is 0.0590. The molecular weight excluding hydrogens is 392 g/mol. The molecule has 0 unspecified atom stereocenters. The Bertz CT molecular complexity index is 1130. The molecule has 3 aromatic rings. The number of nitriles is 1. The van der Waals surface area contributed by atoms with E-state index in [1.807, 2.05) is 36.6 Å². The quantitative estimate of drug-likeness (QED) is 0.229. The summed E-state index contributed by atoms with van der Waals surface area (Å²) >= 11 is 7.58. The van der Waals surface area contributed by atoms with Crippen molar-refractivity contribution in [2.24, 2.45) is 0 Å². The van der Waals surface area contributed by atoms with E-state index in [1.165, 1.54) is 11.3 Å². The third-order valence-corrected chi connectivity index (χ3v) is 5.16. The first kappa shape index (κ1) is 19.6. The van der Waals surface area contributed by atoms with Crippen molar-refractivity contribution in [3.63, 3.8) is 0 Å². The number of halogens is 1. The van der Waals surface area contributed by atoms with Gasteiger partial charge in [0.15, 0.2) is 5.76 Å². The second kappa shape index (κ2) is 8.66. The van der Waals surface area contributed by atoms with Gasteiger partial charge in [-0.05, 0) is 24.6 Å². The highest BCUT2D eigenvalue weighted by Gasteiger charge is 2.21. The average molecular weight is 407 g/mol. The number of allylic oxidation sites excluding steroid dienone is 1. The molecule has 0 saturated carbocycles. The van der Waals surface area contributed by atoms with Gasteiger partial charge in [-0.15, -0.1) is 11.3 Å². The van der Waals surface area contributed by atoms with Gasteiger partial charge in [-0.1, -0.05) is 54.6 Å². The van der Waals surface area contributed by atoms with Crippen LogP contribution in [0.1, 0.15) is 16.1 Å². The lowest BCUT2D eigenvalue weighted by atomic mass is 10.1. The van der Waals surface area contributed by atoms with E-state index in [2.05, 4.69) is 17.6 Å². The van der Waals surface area contributed by atoms with Gasteiger partial charge in [0.2, 0.25) is 0 Å². The lowest BCUT2D eigenvalue weighted by molar-refractivity contribution is -0.131. The number of benzene rings is 2. The van der Waals surface area contributed by atoms with Gasteiger partial charge < -0.3 is 4.74 Å². The molecule has 0 fully saturated rings. The Balaban J connectivity index is 2.17. The minimum Gasteiger partial charge on any atom is -0.421 e. The molecule has 6 heteroatoms. The van der Waals surface area contributed by atoms with Crippen molar-refractivity contribution in [1.29, 1.82) is 5.26 Å². The summed E-state index contributed by atoms with van der Waals surface area (Å²) in [6.45, 7) is 5.41. The summed E-state index contributed by atoms with van der Waals surface area (Å²) in [5, 5.41) is 12.5. The maximum absolute atomic E-state index is 11.9. The molecule has 4 nitrogen and oxygen atoms in total. The van der Waals surface area contributed by atoms with Gasteiger partial charge in [-0.3, -0.25) is 0 Å². The molecule has 0 bridgehead atoms. The summed E-state index contributed by atoms with van der Waals surface area (Å²) in [6.07, 6.45) is 1.03. The van der Waals surface area contributed by atoms with Gasteiger partial charge in [-0.2, -0.15) is 5.26 Å². The molecule has 1 aromatic heterocycles. The van der Waals surface area contributed by atoms with Crippen LogP contribution >= 0.6 is 22.9 Å². The molecular formula is C22H15ClN2O2S. The molecule has 0 spiro atoms. The summed E-state index contributed by atoms with van der Waals surface area (Å²) in [6, 6.07) is 16.8. The topological polar surface area (TPSA) is 63.0 Å². The van der Waals surface area contributed by atoms with E-state index < -0.39 is 5.97 Å². The molecule has 138 valence electrons. The number of aryl methyl sites for hydroxylation is 1. The third kappa shape index (κ3) is 4.04. The van der Waals surface area contributed by atoms with Crippen LogP contribution in [-0.4, -0.2) is 11.0 Å². The molecule has 3 rings (SSSR count). The van der Waals surface area contributed by atoms with Crippen LogP contribution in [0, 0.1) is 18.3 Å². The van der Waals surface area contributed by atoms with Crippen molar-refractivity contribution in [1.82, 2.24) is 4.98 Å². The van der Waals surface area contributed by atoms with Crippen molar-refractivity contribution in [3.8, 4) is 17.3 Å². The van der Waals surface area contributed by atoms with Crippen molar-refractivity contribution >= 4 is 40.2 Å². The highest BCUT2D eigenvalue weighted by molar-refractivity contribution is 7.11. The number of carbonyl (C=O) groups is 1. The maximum atomic E-state index is 11.9. The van der Waals surface area contributed by atoms with Gasteiger partial charge in [0.25, 0.3) is 0 Å². The van der Waals surface area contributed by atoms with Crippen LogP contribution in [0.5, 0.6) is 0 Å². The summed E-state index contributed by atoms with van der Waals surface area (Å²) < 4.78 is 5.40. The number of carbonyl (C=O) groups excluding carboxylic acids is 1. The van der Waals surface area contributed by atoms with Crippen molar-refractivity contribution in [2.45, 2.75) is 6.92 Å². The summed E-state index contributed by atoms with van der Waals surface area (Å²) in [4.78, 5) is 16.5. The zero-order chi connectivity index (χ0) is 20.1. The van der Waals surface area contributed by atoms with E-state index in [-0.39, 0.29) is 11.3 Å². The van der Waals surface area contributed by atoms with Crippen LogP contribution in [0.2, 0.25) is 5.02 Å². The van der Waals surface area contributed by atoms with E-state index in [1.54, 1.807) is 24.3 Å². The van der Waals surface area contributed by atoms with Crippen LogP contribution in [0.25, 0.3) is 22.6 Å². The zero-order valence-electron chi connectivity index (χ0n) is 15.0. The Kier molecular flexibility index (Phi) is 6.05. The van der Waals surface area contributed by atoms with E-state index in [9.17, 15) is 10.1 Å². The largest absolute Gasteiger partial charge is 0.421 e. The Morgan fingerprint density at radius 1 is 1.25 bits per heavy atom. The van der Waals surface area contributed by atoms with Gasteiger partial charge in [0, 0.05) is 22.6 Å². The fourth-order valence-corrected chi connectivity index (χ4v) is 3.63. The first-order valence-electron chi connectivity index (χ1n) is 8.30. The molecule has 0 aliphatic heterocycles. The van der Waals surface area contributed by atoms with Crippen molar-refractivity contribution < 1.29 is 9.53 Å². The number of aromatic nitrogens is 1. The lowest BCUT2D eigenvalue weighted by Gasteiger charge is -2.11. The molecule has 0 aliphatic rings. The van der Waals surface area contributed by atoms with Crippen LogP contribution in [0.4, 0.5) is 0 Å². The molecule has 28 heavy (non-hydrogen) atoms. The highest BCUT2D eigenvalue weighted by Crippen LogP contribution is 2.35. The number of nitrogens with zero attached hydrogens (tertiary/aromatic N) is 2. The number of ether oxygens (including phenoxy) is 1. The molecule has 0 saturated heterocycles. The zero-order valence-corrected chi connectivity index (χ0v) is 16.6. The predicted molar refractivity (Wildman–Crippen MR) is 112 cm³/mol. The molecule has 0 atom stereocenters. The first-order chi connectivity index (χ1) is 13.5. The van der Waals surface area contributed by atoms with Crippen LogP contribution < -0.4 is 0 Å². The minimum atomic E-state index is -0.682. The number of hydrogen-bond acceptors (Lipinski definition) is 5. The van der Waals surface area contributed by atoms with Crippen LogP contribution in [0.15, 0.2) is 66.6 Å². The number of hydrogen-bond donors (Lipinski definition) is 0. The second-order valence-electron chi connectivity index (χ2n) is 5.77. The molecule has 0 amide bonds. The first-order valence-corrected chi connectivity index (χ1v) is 9.56. The molecule has 0 N–H and O–H groups in total. The lowest BCUT2D eigenvalue weighted by Crippen LogP contribution is -2.03. The molecule has 2 aromatic carbocycles. The third-order valence-electron chi connectivity index (χ3n) is 3.97. The number of rotatable bonds is 5. The van der Waals surface area contributed by atoms with Gasteiger partial charge in [0.05, 0.1) is 10.7 Å². The predicted octanol–water partition coefficient (Wildman–Crippen LogP) is 5.89. The maximum Gasteiger partial charge on any atom is 0.335 e. The second-order valence-corrected chi connectivity index (χ2v) is 7.04. The highest BCUT2D eigenvalue weighted by atomic mass is 35.5. The fourth-order valence-electron chi connectivity index (χ4n) is 2.60. The van der Waals surface area contributed by atoms with Gasteiger partial charge in [0.1, 0.15) is 16.6 Å². The Morgan fingerprint density at radius 2 is 1.96 bits per heavy atom. The Labute approximate surface area is 172 Å². The Hall–Kier alpha value is -3.20. The SMILES string of the molecule is C=CC(=O)OC(=C(C#N)c1nc(-c2ccccc2C)cs1)c1ccccc1Cl. The van der Waals surface area contributed by atoms with E-state index in [0.29, 0.717) is 15.6 Å². The molecule has 0 aliphatic carbocycles. The smallest absolute Gasteiger partial charge is 0.335 e. The van der Waals surface area contributed by atoms with Crippen LogP contribution in [0.3, 0.4) is 0 Å². The normalized spacial score (nSPS) is 11.3. The monoisotopic (exact) mass is 406 g/mol. The number of esters is 1. The fraction of sp³-hybridized carbons (Fsp3) is 0.0455. The molecule has 0 radical (unpaired) electrons. The summed E-state index contributed by atoms with van der Waals surface area (Å²) in [5.41, 5.74) is 3.37. The molecule has 1 heterocycles. The van der Waals surface area contributed by atoms with E-state index in [4.69, 9.17) is 16.3 Å². The van der Waals surface area contributed by atoms with E-state index >= 15 is 0 Å². The standard InChI is InChI=1S/C22H15ClN2O2S/c1-3-20(26)27-21(16-10-6-7-11-18(16)23)17(12-24)22-25-19(13-28-22)15-9-5-4-8-14(15)2/h3-11,13H,1H2,2H3. The Morgan fingerprint density at radius 3 is 2.64 bits per heavy atom. The number of thiazole rings is 1. The van der Waals surface area contributed by atoms with E-state index in [0.717, 1.165) is 22.9 Å². The van der Waals surface area contributed by atoms with Crippen molar-refractivity contribution in [2.75, 3.05) is 0 Å². The summed E-state index contributed by atoms with van der Waals surface area (Å²) in [7, 11) is 0. The summed E-state index contributed by atoms with van der Waals surface area (Å²) in [5.74, 6) is -0.623. The van der Waals surface area contributed by atoms with Gasteiger partial charge >= 0.3 is 5.97 Å². The van der Waals surface area contributed by atoms with Crippen molar-refractivity contribution in [3.05, 3.63) is 87.7 Å². The van der Waals surface area contributed by atoms with Crippen LogP contribution in [-0.2, 0) is 9.53 Å². The average Bonchev–Trinajstić information content (AvgIpc) is 3.18. The van der Waals surface area contributed by atoms with Gasteiger partial charge in [-0.25, -0.2) is 9.78 Å².